The lowest BCUT2D eigenvalue weighted by atomic mass is 10.1. The van der Waals surface area contributed by atoms with Crippen LogP contribution in [0.4, 0.5) is 5.82 Å². The summed E-state index contributed by atoms with van der Waals surface area (Å²) in [5, 5.41) is 5.80. The van der Waals surface area contributed by atoms with Gasteiger partial charge < -0.3 is 15.0 Å². The molecule has 1 aromatic heterocycles. The molecule has 0 saturated carbocycles. The van der Waals surface area contributed by atoms with E-state index < -0.39 is 0 Å². The van der Waals surface area contributed by atoms with Crippen molar-refractivity contribution in [3.63, 3.8) is 0 Å². The third kappa shape index (κ3) is 4.83. The van der Waals surface area contributed by atoms with Gasteiger partial charge in [-0.1, -0.05) is 41.9 Å². The summed E-state index contributed by atoms with van der Waals surface area (Å²) in [5.41, 5.74) is 1.01. The molecule has 1 aliphatic heterocycles. The van der Waals surface area contributed by atoms with Crippen LogP contribution in [0.15, 0.2) is 59.6 Å². The fourth-order valence-corrected chi connectivity index (χ4v) is 4.67. The number of aromatic nitrogens is 1. The van der Waals surface area contributed by atoms with Gasteiger partial charge in [-0.15, -0.1) is 11.8 Å². The van der Waals surface area contributed by atoms with Gasteiger partial charge in [-0.3, -0.25) is 4.79 Å². The zero-order chi connectivity index (χ0) is 20.1. The summed E-state index contributed by atoms with van der Waals surface area (Å²) < 4.78 is 5.42. The monoisotopic (exact) mass is 427 g/mol. The van der Waals surface area contributed by atoms with Crippen molar-refractivity contribution in [2.24, 2.45) is 0 Å². The molecule has 0 unspecified atom stereocenters. The number of nitrogens with zero attached hydrogens (tertiary/aromatic N) is 2. The molecule has 1 fully saturated rings. The molecule has 0 radical (unpaired) electrons. The third-order valence-corrected chi connectivity index (χ3v) is 6.20. The Hall–Kier alpha value is -2.28. The molecule has 3 aromatic rings. The molecule has 150 valence electrons. The van der Waals surface area contributed by atoms with Crippen LogP contribution in [0.3, 0.4) is 0 Å². The standard InChI is InChI=1S/C22H22ClN3O2S/c23-18-7-1-4-16-5-2-8-19(21(16)18)29-15-20(27)25-14-17-6-3-9-24-22(17)26-10-12-28-13-11-26/h1-9H,10-15H2,(H,25,27). The van der Waals surface area contributed by atoms with Gasteiger partial charge in [0.05, 0.1) is 19.0 Å². The number of benzene rings is 2. The van der Waals surface area contributed by atoms with Crippen molar-refractivity contribution >= 4 is 45.9 Å². The number of carbonyl (C=O) groups excluding carboxylic acids is 1. The van der Waals surface area contributed by atoms with Crippen LogP contribution in [0.2, 0.25) is 5.02 Å². The number of rotatable bonds is 6. The first-order valence-electron chi connectivity index (χ1n) is 9.56. The maximum Gasteiger partial charge on any atom is 0.230 e. The molecular weight excluding hydrogens is 406 g/mol. The van der Waals surface area contributed by atoms with E-state index in [1.54, 1.807) is 6.20 Å². The smallest absolute Gasteiger partial charge is 0.230 e. The molecule has 2 aromatic carbocycles. The van der Waals surface area contributed by atoms with E-state index in [-0.39, 0.29) is 5.91 Å². The summed E-state index contributed by atoms with van der Waals surface area (Å²) in [4.78, 5) is 20.2. The lowest BCUT2D eigenvalue weighted by Crippen LogP contribution is -2.38. The number of amides is 1. The summed E-state index contributed by atoms with van der Waals surface area (Å²) in [6, 6.07) is 15.8. The van der Waals surface area contributed by atoms with Gasteiger partial charge in [-0.2, -0.15) is 0 Å². The van der Waals surface area contributed by atoms with Crippen LogP contribution < -0.4 is 10.2 Å². The zero-order valence-corrected chi connectivity index (χ0v) is 17.5. The Labute approximate surface area is 179 Å². The molecule has 1 N–H and O–H groups in total. The minimum atomic E-state index is -0.0177. The number of anilines is 1. The van der Waals surface area contributed by atoms with Crippen molar-refractivity contribution < 1.29 is 9.53 Å². The van der Waals surface area contributed by atoms with E-state index in [0.717, 1.165) is 40.1 Å². The number of morpholine rings is 1. The van der Waals surface area contributed by atoms with Gasteiger partial charge in [0.2, 0.25) is 5.91 Å². The Bertz CT molecular complexity index is 1000. The van der Waals surface area contributed by atoms with Crippen molar-refractivity contribution in [1.82, 2.24) is 10.3 Å². The third-order valence-electron chi connectivity index (χ3n) is 4.83. The average molecular weight is 428 g/mol. The number of ether oxygens (including phenoxy) is 1. The van der Waals surface area contributed by atoms with Gasteiger partial charge in [0.15, 0.2) is 0 Å². The van der Waals surface area contributed by atoms with Crippen LogP contribution in [0.25, 0.3) is 10.8 Å². The molecule has 4 rings (SSSR count). The van der Waals surface area contributed by atoms with Gasteiger partial charge >= 0.3 is 0 Å². The van der Waals surface area contributed by atoms with Crippen LogP contribution >= 0.6 is 23.4 Å². The number of fused-ring (bicyclic) bond motifs is 1. The molecule has 29 heavy (non-hydrogen) atoms. The highest BCUT2D eigenvalue weighted by atomic mass is 35.5. The van der Waals surface area contributed by atoms with E-state index in [1.165, 1.54) is 11.8 Å². The van der Waals surface area contributed by atoms with E-state index in [9.17, 15) is 4.79 Å². The molecule has 0 aliphatic carbocycles. The van der Waals surface area contributed by atoms with Crippen LogP contribution in [0.1, 0.15) is 5.56 Å². The minimum Gasteiger partial charge on any atom is -0.378 e. The summed E-state index contributed by atoms with van der Waals surface area (Å²) in [6.45, 7) is 3.49. The van der Waals surface area contributed by atoms with Gasteiger partial charge in [0, 0.05) is 46.7 Å². The van der Waals surface area contributed by atoms with Crippen molar-refractivity contribution in [2.45, 2.75) is 11.4 Å². The Morgan fingerprint density at radius 1 is 1.14 bits per heavy atom. The molecular formula is C22H22ClN3O2S. The average Bonchev–Trinajstić information content (AvgIpc) is 2.77. The number of carbonyl (C=O) groups is 1. The Kier molecular flexibility index (Phi) is 6.54. The molecule has 0 bridgehead atoms. The highest BCUT2D eigenvalue weighted by Gasteiger charge is 2.16. The molecule has 0 atom stereocenters. The number of hydrogen-bond acceptors (Lipinski definition) is 5. The second-order valence-corrected chi connectivity index (χ2v) is 8.17. The van der Waals surface area contributed by atoms with Gasteiger partial charge in [0.25, 0.3) is 0 Å². The normalized spacial score (nSPS) is 14.2. The van der Waals surface area contributed by atoms with E-state index in [0.29, 0.717) is 30.5 Å². The fraction of sp³-hybridized carbons (Fsp3) is 0.273. The van der Waals surface area contributed by atoms with Crippen LogP contribution in [-0.2, 0) is 16.1 Å². The Balaban J connectivity index is 1.38. The molecule has 1 aliphatic rings. The summed E-state index contributed by atoms with van der Waals surface area (Å²) in [5.74, 6) is 1.23. The van der Waals surface area contributed by atoms with Crippen LogP contribution in [-0.4, -0.2) is 42.9 Å². The predicted molar refractivity (Wildman–Crippen MR) is 119 cm³/mol. The lowest BCUT2D eigenvalue weighted by molar-refractivity contribution is -0.118. The first-order chi connectivity index (χ1) is 14.2. The van der Waals surface area contributed by atoms with Crippen molar-refractivity contribution in [3.05, 3.63) is 65.3 Å². The molecule has 1 amide bonds. The second-order valence-electron chi connectivity index (χ2n) is 6.75. The highest BCUT2D eigenvalue weighted by Crippen LogP contribution is 2.33. The van der Waals surface area contributed by atoms with Gasteiger partial charge in [-0.05, 0) is 23.6 Å². The molecule has 2 heterocycles. The van der Waals surface area contributed by atoms with Crippen molar-refractivity contribution in [3.8, 4) is 0 Å². The maximum atomic E-state index is 12.5. The Morgan fingerprint density at radius 3 is 2.76 bits per heavy atom. The van der Waals surface area contributed by atoms with Crippen LogP contribution in [0, 0.1) is 0 Å². The first-order valence-corrected chi connectivity index (χ1v) is 10.9. The van der Waals surface area contributed by atoms with E-state index in [4.69, 9.17) is 16.3 Å². The van der Waals surface area contributed by atoms with E-state index in [1.807, 2.05) is 48.5 Å². The van der Waals surface area contributed by atoms with Crippen molar-refractivity contribution in [2.75, 3.05) is 37.0 Å². The molecule has 7 heteroatoms. The quantitative estimate of drug-likeness (QED) is 0.599. The SMILES string of the molecule is O=C(CSc1cccc2cccc(Cl)c12)NCc1cccnc1N1CCOCC1. The zero-order valence-electron chi connectivity index (χ0n) is 15.9. The van der Waals surface area contributed by atoms with E-state index >= 15 is 0 Å². The highest BCUT2D eigenvalue weighted by molar-refractivity contribution is 8.00. The van der Waals surface area contributed by atoms with Crippen molar-refractivity contribution in [1.29, 1.82) is 0 Å². The second kappa shape index (κ2) is 9.48. The van der Waals surface area contributed by atoms with Crippen LogP contribution in [0.5, 0.6) is 0 Å². The first kappa shape index (κ1) is 20.0. The molecule has 5 nitrogen and oxygen atoms in total. The van der Waals surface area contributed by atoms with Gasteiger partial charge in [0.1, 0.15) is 5.82 Å². The minimum absolute atomic E-state index is 0.0177. The van der Waals surface area contributed by atoms with E-state index in [2.05, 4.69) is 15.2 Å². The number of thioether (sulfide) groups is 1. The summed E-state index contributed by atoms with van der Waals surface area (Å²) in [7, 11) is 0. The van der Waals surface area contributed by atoms with Gasteiger partial charge in [-0.25, -0.2) is 4.98 Å². The largest absolute Gasteiger partial charge is 0.378 e. The number of halogens is 1. The number of pyridine rings is 1. The molecule has 1 saturated heterocycles. The Morgan fingerprint density at radius 2 is 1.93 bits per heavy atom. The number of hydrogen-bond donors (Lipinski definition) is 1. The predicted octanol–water partition coefficient (Wildman–Crippen LogP) is 4.13. The fourth-order valence-electron chi connectivity index (χ4n) is 3.40. The maximum absolute atomic E-state index is 12.5. The molecule has 0 spiro atoms. The lowest BCUT2D eigenvalue weighted by Gasteiger charge is -2.29. The summed E-state index contributed by atoms with van der Waals surface area (Å²) >= 11 is 7.88. The summed E-state index contributed by atoms with van der Waals surface area (Å²) in [6.07, 6.45) is 1.79. The topological polar surface area (TPSA) is 54.5 Å². The number of nitrogens with one attached hydrogen (secondary N) is 1.